The summed E-state index contributed by atoms with van der Waals surface area (Å²) in [5.74, 6) is -14.8. The molecule has 0 atom stereocenters. The fourth-order valence-corrected chi connectivity index (χ4v) is 7.27. The van der Waals surface area contributed by atoms with Gasteiger partial charge >= 0.3 is 23.3 Å². The van der Waals surface area contributed by atoms with Crippen molar-refractivity contribution in [3.63, 3.8) is 0 Å². The van der Waals surface area contributed by atoms with Gasteiger partial charge in [-0.15, -0.1) is 0 Å². The van der Waals surface area contributed by atoms with Gasteiger partial charge in [0.2, 0.25) is 0 Å². The minimum Gasteiger partial charge on any atom is -0.743 e. The molecule has 1 aliphatic rings. The predicted molar refractivity (Wildman–Crippen MR) is 121 cm³/mol. The van der Waals surface area contributed by atoms with Crippen LogP contribution >= 0.6 is 11.8 Å². The molecule has 0 amide bonds. The van der Waals surface area contributed by atoms with E-state index in [0.29, 0.717) is 0 Å². The molecular weight excluding hydrogens is 591 g/mol. The summed E-state index contributed by atoms with van der Waals surface area (Å²) in [7, 11) is -7.40. The normalized spacial score (nSPS) is 14.7. The summed E-state index contributed by atoms with van der Waals surface area (Å²) in [5.41, 5.74) is 1.32. The van der Waals surface area contributed by atoms with Crippen LogP contribution in [0.3, 0.4) is 0 Å². The van der Waals surface area contributed by atoms with Gasteiger partial charge in [-0.3, -0.25) is 0 Å². The fourth-order valence-electron chi connectivity index (χ4n) is 3.09. The van der Waals surface area contributed by atoms with Gasteiger partial charge in [0.1, 0.15) is 10.9 Å². The van der Waals surface area contributed by atoms with Gasteiger partial charge in [-0.1, -0.05) is 53.7 Å². The Balaban J connectivity index is 0.000000217. The molecule has 0 spiro atoms. The van der Waals surface area contributed by atoms with Crippen LogP contribution in [0, 0.1) is 6.92 Å². The van der Waals surface area contributed by atoms with E-state index in [9.17, 15) is 52.5 Å². The van der Waals surface area contributed by atoms with Crippen molar-refractivity contribution >= 4 is 32.8 Å². The van der Waals surface area contributed by atoms with Crippen LogP contribution < -0.4 is 0 Å². The first kappa shape index (κ1) is 30.2. The van der Waals surface area contributed by atoms with Crippen LogP contribution in [0.2, 0.25) is 0 Å². The summed E-state index contributed by atoms with van der Waals surface area (Å²) < 4.78 is 135. The first-order valence-electron chi connectivity index (χ1n) is 10.2. The zero-order chi connectivity index (χ0) is 28.7. The Morgan fingerprint density at radius 1 is 0.684 bits per heavy atom. The van der Waals surface area contributed by atoms with Crippen molar-refractivity contribution in [2.24, 2.45) is 0 Å². The molecule has 206 valence electrons. The number of aryl methyl sites for hydroxylation is 1. The molecule has 0 unspecified atom stereocenters. The van der Waals surface area contributed by atoms with Crippen molar-refractivity contribution in [2.45, 2.75) is 54.7 Å². The molecule has 3 aromatic rings. The van der Waals surface area contributed by atoms with E-state index in [0.717, 1.165) is 0 Å². The number of hydrogen-bond acceptors (Lipinski definition) is 4. The summed E-state index contributed by atoms with van der Waals surface area (Å²) in [6.45, 7) is 2.14. The third kappa shape index (κ3) is 5.38. The molecule has 4 rings (SSSR count). The van der Waals surface area contributed by atoms with Crippen LogP contribution in [0.5, 0.6) is 0 Å². The molecule has 0 radical (unpaired) electrons. The van der Waals surface area contributed by atoms with Crippen molar-refractivity contribution in [2.75, 3.05) is 0 Å². The smallest absolute Gasteiger partial charge is 0.460 e. The zero-order valence-corrected chi connectivity index (χ0v) is 21.2. The van der Waals surface area contributed by atoms with Crippen LogP contribution in [0.4, 0.5) is 39.5 Å². The molecule has 3 nitrogen and oxygen atoms in total. The van der Waals surface area contributed by atoms with Gasteiger partial charge in [0.05, 0.1) is 9.79 Å². The monoisotopic (exact) mass is 606 g/mol. The summed E-state index contributed by atoms with van der Waals surface area (Å²) >= 11 is 1.89. The Bertz CT molecular complexity index is 1360. The number of halogens is 9. The molecule has 1 heterocycles. The minimum atomic E-state index is -7.43. The average molecular weight is 607 g/mol. The summed E-state index contributed by atoms with van der Waals surface area (Å²) in [6, 6.07) is 26.6. The van der Waals surface area contributed by atoms with Crippen LogP contribution in [-0.4, -0.2) is 36.2 Å². The second-order valence-corrected chi connectivity index (χ2v) is 12.2. The minimum absolute atomic E-state index is 0.0130. The number of hydrogen-bond donors (Lipinski definition) is 0. The lowest BCUT2D eigenvalue weighted by Crippen LogP contribution is -2.63. The van der Waals surface area contributed by atoms with Crippen LogP contribution in [0.15, 0.2) is 97.3 Å². The number of benzene rings is 3. The molecule has 3 aromatic carbocycles. The molecule has 0 fully saturated rings. The van der Waals surface area contributed by atoms with Gasteiger partial charge in [0.25, 0.3) is 0 Å². The van der Waals surface area contributed by atoms with Crippen LogP contribution in [-0.2, 0) is 21.0 Å². The Labute approximate surface area is 218 Å². The molecule has 0 bridgehead atoms. The lowest BCUT2D eigenvalue weighted by atomic mass is 10.1. The summed E-state index contributed by atoms with van der Waals surface area (Å²) in [5, 5.41) is -7.11. The van der Waals surface area contributed by atoms with Gasteiger partial charge < -0.3 is 4.55 Å². The van der Waals surface area contributed by atoms with Crippen molar-refractivity contribution in [3.8, 4) is 0 Å². The van der Waals surface area contributed by atoms with Gasteiger partial charge in [0.15, 0.2) is 24.8 Å². The standard InChI is InChI=1S/C19H15S2.C4HF9O3S/c1-14-10-12-15(13-11-14)21-18-8-4-2-6-16(18)20-17-7-3-5-9-19(17)21;5-1(6,3(9,10)11)2(7,8)4(12,13)17(14,15)16/h2-13H,1H3;(H,14,15,16)/q+1;/p-1. The van der Waals surface area contributed by atoms with Crippen molar-refractivity contribution in [1.29, 1.82) is 0 Å². The number of fused-ring (bicyclic) bond motifs is 2. The Hall–Kier alpha value is -2.36. The van der Waals surface area contributed by atoms with E-state index < -0.39 is 33.4 Å². The molecule has 0 saturated carbocycles. The topological polar surface area (TPSA) is 57.2 Å². The second kappa shape index (κ2) is 10.3. The van der Waals surface area contributed by atoms with Crippen molar-refractivity contribution in [1.82, 2.24) is 0 Å². The maximum absolute atomic E-state index is 12.2. The lowest BCUT2D eigenvalue weighted by molar-refractivity contribution is -0.382. The second-order valence-electron chi connectivity index (χ2n) is 7.73. The molecular formula is C23H15F9O3S3. The predicted octanol–water partition coefficient (Wildman–Crippen LogP) is 7.51. The van der Waals surface area contributed by atoms with Crippen molar-refractivity contribution < 1.29 is 52.5 Å². The fraction of sp³-hybridized carbons (Fsp3) is 0.217. The third-order valence-corrected chi connectivity index (χ3v) is 9.67. The molecule has 0 saturated heterocycles. The van der Waals surface area contributed by atoms with E-state index in [1.54, 1.807) is 0 Å². The van der Waals surface area contributed by atoms with Gasteiger partial charge in [-0.2, -0.15) is 39.5 Å². The van der Waals surface area contributed by atoms with Crippen LogP contribution in [0.25, 0.3) is 0 Å². The third-order valence-electron chi connectivity index (χ3n) is 5.04. The van der Waals surface area contributed by atoms with E-state index in [4.69, 9.17) is 0 Å². The highest BCUT2D eigenvalue weighted by Gasteiger charge is 2.83. The van der Waals surface area contributed by atoms with E-state index in [1.807, 2.05) is 11.8 Å². The van der Waals surface area contributed by atoms with Crippen molar-refractivity contribution in [3.05, 3.63) is 78.4 Å². The van der Waals surface area contributed by atoms with Gasteiger partial charge in [0, 0.05) is 0 Å². The number of alkyl halides is 9. The Morgan fingerprint density at radius 3 is 1.50 bits per heavy atom. The molecule has 0 aliphatic carbocycles. The largest absolute Gasteiger partial charge is 0.743 e. The van der Waals surface area contributed by atoms with Crippen LogP contribution in [0.1, 0.15) is 5.56 Å². The van der Waals surface area contributed by atoms with Gasteiger partial charge in [-0.25, -0.2) is 8.42 Å². The molecule has 15 heteroatoms. The Morgan fingerprint density at radius 2 is 1.11 bits per heavy atom. The quantitative estimate of drug-likeness (QED) is 0.137. The molecule has 38 heavy (non-hydrogen) atoms. The van der Waals surface area contributed by atoms with E-state index >= 15 is 0 Å². The highest BCUT2D eigenvalue weighted by atomic mass is 32.2. The first-order valence-corrected chi connectivity index (χ1v) is 13.6. The molecule has 1 aliphatic heterocycles. The maximum atomic E-state index is 12.2. The molecule has 0 N–H and O–H groups in total. The van der Waals surface area contributed by atoms with E-state index in [1.165, 1.54) is 30.0 Å². The van der Waals surface area contributed by atoms with E-state index in [-0.39, 0.29) is 10.9 Å². The maximum Gasteiger partial charge on any atom is 0.460 e. The Kier molecular flexibility index (Phi) is 8.20. The highest BCUT2D eigenvalue weighted by Crippen LogP contribution is 2.54. The molecule has 0 aromatic heterocycles. The van der Waals surface area contributed by atoms with E-state index in [2.05, 4.69) is 79.7 Å². The zero-order valence-electron chi connectivity index (χ0n) is 18.8. The average Bonchev–Trinajstić information content (AvgIpc) is 2.82. The SMILES string of the molecule is Cc1ccc([S+]2c3ccccc3Sc3ccccc32)cc1.O=S(=O)([O-])C(F)(F)C(F)(F)C(F)(F)C(F)(F)F. The first-order chi connectivity index (χ1) is 17.3. The lowest BCUT2D eigenvalue weighted by Gasteiger charge is -2.34. The highest BCUT2D eigenvalue weighted by molar-refractivity contribution is 8.04. The summed E-state index contributed by atoms with van der Waals surface area (Å²) in [6.07, 6.45) is -7.16. The summed E-state index contributed by atoms with van der Waals surface area (Å²) in [4.78, 5) is 7.08. The number of rotatable bonds is 4. The van der Waals surface area contributed by atoms with Gasteiger partial charge in [-0.05, 0) is 43.3 Å².